The van der Waals surface area contributed by atoms with Gasteiger partial charge >= 0.3 is 0 Å². The zero-order valence-corrected chi connectivity index (χ0v) is 10.8. The maximum atomic E-state index is 13.1. The Kier molecular flexibility index (Phi) is 3.78. The molecule has 0 aliphatic carbocycles. The second kappa shape index (κ2) is 4.98. The molecule has 1 nitrogen and oxygen atoms in total. The van der Waals surface area contributed by atoms with E-state index in [0.29, 0.717) is 24.5 Å². The van der Waals surface area contributed by atoms with Gasteiger partial charge in [-0.15, -0.1) is 0 Å². The zero-order chi connectivity index (χ0) is 12.6. The zero-order valence-electron chi connectivity index (χ0n) is 9.22. The Bertz CT molecular complexity index is 401. The van der Waals surface area contributed by atoms with Gasteiger partial charge in [0.25, 0.3) is 0 Å². The largest absolute Gasteiger partial charge is 0.373 e. The molecular weight excluding hydrogens is 297 g/mol. The molecule has 0 radical (unpaired) electrons. The lowest BCUT2D eigenvalue weighted by molar-refractivity contribution is -0.00801. The highest BCUT2D eigenvalue weighted by Gasteiger charge is 2.28. The summed E-state index contributed by atoms with van der Waals surface area (Å²) in [4.78, 5) is 0.234. The van der Waals surface area contributed by atoms with Crippen molar-refractivity contribution < 1.29 is 17.9 Å². The first-order valence-electron chi connectivity index (χ1n) is 5.39. The molecule has 1 aromatic carbocycles. The predicted octanol–water partition coefficient (Wildman–Crippen LogP) is 3.96. The Morgan fingerprint density at radius 3 is 2.35 bits per heavy atom. The van der Waals surface area contributed by atoms with Crippen molar-refractivity contribution in [1.29, 1.82) is 0 Å². The van der Waals surface area contributed by atoms with Crippen molar-refractivity contribution in [2.24, 2.45) is 5.92 Å². The molecule has 94 valence electrons. The standard InChI is InChI=1S/C12H12BrF3O/c1-6-5-17-11(4-8(6)13)7-2-9(14)12(16)10(15)3-7/h2-3,6,8,11H,4-5H2,1H3. The topological polar surface area (TPSA) is 9.23 Å². The van der Waals surface area contributed by atoms with Crippen molar-refractivity contribution in [3.8, 4) is 0 Å². The van der Waals surface area contributed by atoms with E-state index < -0.39 is 17.5 Å². The summed E-state index contributed by atoms with van der Waals surface area (Å²) in [5.41, 5.74) is 0.345. The number of halogens is 4. The van der Waals surface area contributed by atoms with Gasteiger partial charge in [-0.2, -0.15) is 0 Å². The highest BCUT2D eigenvalue weighted by molar-refractivity contribution is 9.09. The first-order chi connectivity index (χ1) is 7.99. The van der Waals surface area contributed by atoms with Crippen LogP contribution in [0.2, 0.25) is 0 Å². The number of hydrogen-bond donors (Lipinski definition) is 0. The number of hydrogen-bond acceptors (Lipinski definition) is 1. The summed E-state index contributed by atoms with van der Waals surface area (Å²) in [6.45, 7) is 2.54. The van der Waals surface area contributed by atoms with E-state index in [-0.39, 0.29) is 10.9 Å². The Labute approximate surface area is 106 Å². The van der Waals surface area contributed by atoms with Gasteiger partial charge in [0.1, 0.15) is 0 Å². The van der Waals surface area contributed by atoms with Crippen LogP contribution >= 0.6 is 15.9 Å². The van der Waals surface area contributed by atoms with Crippen LogP contribution in [-0.4, -0.2) is 11.4 Å². The van der Waals surface area contributed by atoms with Crippen molar-refractivity contribution in [3.63, 3.8) is 0 Å². The SMILES string of the molecule is CC1COC(c2cc(F)c(F)c(F)c2)CC1Br. The van der Waals surface area contributed by atoms with Gasteiger partial charge < -0.3 is 4.74 Å². The van der Waals surface area contributed by atoms with E-state index in [0.717, 1.165) is 12.1 Å². The molecule has 3 unspecified atom stereocenters. The van der Waals surface area contributed by atoms with Crippen LogP contribution in [0.5, 0.6) is 0 Å². The van der Waals surface area contributed by atoms with Gasteiger partial charge in [0.2, 0.25) is 0 Å². The summed E-state index contributed by atoms with van der Waals surface area (Å²) in [5.74, 6) is -3.43. The van der Waals surface area contributed by atoms with Gasteiger partial charge in [-0.05, 0) is 30.0 Å². The van der Waals surface area contributed by atoms with Crippen LogP contribution in [0.1, 0.15) is 25.0 Å². The van der Waals surface area contributed by atoms with Crippen LogP contribution in [0.25, 0.3) is 0 Å². The third-order valence-electron chi connectivity index (χ3n) is 2.99. The molecule has 1 aromatic rings. The molecule has 0 amide bonds. The summed E-state index contributed by atoms with van der Waals surface area (Å²) in [6, 6.07) is 2.00. The van der Waals surface area contributed by atoms with Crippen molar-refractivity contribution in [2.75, 3.05) is 6.61 Å². The number of rotatable bonds is 1. The maximum absolute atomic E-state index is 13.1. The van der Waals surface area contributed by atoms with Crippen LogP contribution in [0.3, 0.4) is 0 Å². The smallest absolute Gasteiger partial charge is 0.194 e. The molecule has 5 heteroatoms. The van der Waals surface area contributed by atoms with Gasteiger partial charge in [0, 0.05) is 4.83 Å². The summed E-state index contributed by atoms with van der Waals surface area (Å²) in [5, 5.41) is 0. The Hall–Kier alpha value is -0.550. The van der Waals surface area contributed by atoms with Crippen molar-refractivity contribution >= 4 is 15.9 Å². The summed E-state index contributed by atoms with van der Waals surface area (Å²) in [7, 11) is 0. The molecular formula is C12H12BrF3O. The van der Waals surface area contributed by atoms with Gasteiger partial charge in [-0.25, -0.2) is 13.2 Å². The molecule has 17 heavy (non-hydrogen) atoms. The molecule has 0 saturated carbocycles. The molecule has 0 aromatic heterocycles. The van der Waals surface area contributed by atoms with Gasteiger partial charge in [0.05, 0.1) is 12.7 Å². The second-order valence-corrected chi connectivity index (χ2v) is 5.53. The van der Waals surface area contributed by atoms with Crippen LogP contribution in [-0.2, 0) is 4.74 Å². The van der Waals surface area contributed by atoms with E-state index in [9.17, 15) is 13.2 Å². The molecule has 0 bridgehead atoms. The minimum Gasteiger partial charge on any atom is -0.373 e. The van der Waals surface area contributed by atoms with Crippen LogP contribution in [0.4, 0.5) is 13.2 Å². The normalized spacial score (nSPS) is 29.4. The quantitative estimate of drug-likeness (QED) is 0.563. The van der Waals surface area contributed by atoms with Crippen LogP contribution in [0.15, 0.2) is 12.1 Å². The predicted molar refractivity (Wildman–Crippen MR) is 61.5 cm³/mol. The highest BCUT2D eigenvalue weighted by atomic mass is 79.9. The van der Waals surface area contributed by atoms with E-state index in [1.807, 2.05) is 6.92 Å². The summed E-state index contributed by atoms with van der Waals surface area (Å²) < 4.78 is 44.5. The van der Waals surface area contributed by atoms with Crippen molar-refractivity contribution in [1.82, 2.24) is 0 Å². The van der Waals surface area contributed by atoms with E-state index in [2.05, 4.69) is 15.9 Å². The minimum atomic E-state index is -1.44. The van der Waals surface area contributed by atoms with Crippen LogP contribution < -0.4 is 0 Å². The fraction of sp³-hybridized carbons (Fsp3) is 0.500. The molecule has 1 aliphatic heterocycles. The second-order valence-electron chi connectivity index (χ2n) is 4.35. The molecule has 1 aliphatic rings. The van der Waals surface area contributed by atoms with E-state index in [1.54, 1.807) is 0 Å². The van der Waals surface area contributed by atoms with Crippen molar-refractivity contribution in [3.05, 3.63) is 35.1 Å². The number of ether oxygens (including phenoxy) is 1. The third kappa shape index (κ3) is 2.65. The summed E-state index contributed by atoms with van der Waals surface area (Å²) >= 11 is 3.50. The van der Waals surface area contributed by atoms with Gasteiger partial charge in [0.15, 0.2) is 17.5 Å². The lowest BCUT2D eigenvalue weighted by Gasteiger charge is -2.31. The lowest BCUT2D eigenvalue weighted by atomic mass is 9.95. The number of alkyl halides is 1. The molecule has 0 spiro atoms. The highest BCUT2D eigenvalue weighted by Crippen LogP contribution is 2.35. The molecule has 1 saturated heterocycles. The first kappa shape index (κ1) is 12.9. The van der Waals surface area contributed by atoms with Crippen molar-refractivity contribution in [2.45, 2.75) is 24.3 Å². The minimum absolute atomic E-state index is 0.234. The summed E-state index contributed by atoms with van der Waals surface area (Å²) in [6.07, 6.45) is 0.228. The monoisotopic (exact) mass is 308 g/mol. The fourth-order valence-corrected chi connectivity index (χ4v) is 2.36. The third-order valence-corrected chi connectivity index (χ3v) is 4.27. The average Bonchev–Trinajstić information content (AvgIpc) is 2.29. The maximum Gasteiger partial charge on any atom is 0.194 e. The van der Waals surface area contributed by atoms with Gasteiger partial charge in [-0.3, -0.25) is 0 Å². The molecule has 1 fully saturated rings. The molecule has 0 N–H and O–H groups in total. The van der Waals surface area contributed by atoms with E-state index in [1.165, 1.54) is 0 Å². The lowest BCUT2D eigenvalue weighted by Crippen LogP contribution is -2.28. The average molecular weight is 309 g/mol. The Morgan fingerprint density at radius 1 is 1.24 bits per heavy atom. The molecule has 3 atom stereocenters. The van der Waals surface area contributed by atoms with Gasteiger partial charge in [-0.1, -0.05) is 22.9 Å². The number of benzene rings is 1. The van der Waals surface area contributed by atoms with Crippen LogP contribution in [0, 0.1) is 23.4 Å². The Morgan fingerprint density at radius 2 is 1.82 bits per heavy atom. The Balaban J connectivity index is 2.23. The first-order valence-corrected chi connectivity index (χ1v) is 6.30. The molecule has 1 heterocycles. The van der Waals surface area contributed by atoms with E-state index in [4.69, 9.17) is 4.74 Å². The van der Waals surface area contributed by atoms with E-state index >= 15 is 0 Å². The molecule has 2 rings (SSSR count). The fourth-order valence-electron chi connectivity index (χ4n) is 1.87.